The smallest absolute Gasteiger partial charge is 0.224 e. The van der Waals surface area contributed by atoms with Gasteiger partial charge in [0, 0.05) is 10.6 Å². The topological polar surface area (TPSA) is 60.2 Å². The summed E-state index contributed by atoms with van der Waals surface area (Å²) in [4.78, 5) is 12.4. The van der Waals surface area contributed by atoms with Gasteiger partial charge in [-0.25, -0.2) is 0 Å². The van der Waals surface area contributed by atoms with Crippen molar-refractivity contribution in [2.45, 2.75) is 44.9 Å². The van der Waals surface area contributed by atoms with Gasteiger partial charge in [-0.1, -0.05) is 37.5 Å². The number of nitrogens with two attached hydrogens (primary N) is 1. The van der Waals surface area contributed by atoms with E-state index in [0.717, 1.165) is 23.3 Å². The summed E-state index contributed by atoms with van der Waals surface area (Å²) >= 11 is 0. The number of carbonyl (C=O) groups is 1. The molecule has 2 atom stereocenters. The number of rotatable bonds is 7. The third-order valence-corrected chi connectivity index (χ3v) is 5.11. The Balaban J connectivity index is 2.82. The van der Waals surface area contributed by atoms with E-state index in [4.69, 9.17) is 5.73 Å². The van der Waals surface area contributed by atoms with Crippen LogP contribution < -0.4 is 5.73 Å². The van der Waals surface area contributed by atoms with Crippen LogP contribution in [0, 0.1) is 12.3 Å². The van der Waals surface area contributed by atoms with Gasteiger partial charge >= 0.3 is 0 Å². The van der Waals surface area contributed by atoms with Crippen LogP contribution in [0.2, 0.25) is 0 Å². The first kappa shape index (κ1) is 15.9. The van der Waals surface area contributed by atoms with E-state index >= 15 is 0 Å². The van der Waals surface area contributed by atoms with Crippen LogP contribution >= 0.6 is 0 Å². The van der Waals surface area contributed by atoms with Gasteiger partial charge in [-0.2, -0.15) is 0 Å². The van der Waals surface area contributed by atoms with Crippen LogP contribution in [0.15, 0.2) is 29.2 Å². The molecule has 0 fully saturated rings. The molecular weight excluding hydrogens is 258 g/mol. The molecule has 0 saturated carbocycles. The fraction of sp³-hybridized carbons (Fsp3) is 0.533. The molecule has 1 aromatic carbocycles. The average molecular weight is 281 g/mol. The molecule has 106 valence electrons. The zero-order chi connectivity index (χ0) is 14.5. The van der Waals surface area contributed by atoms with Gasteiger partial charge in [0.05, 0.1) is 16.2 Å². The number of unbranched alkanes of at least 4 members (excludes halogenated alkanes) is 1. The van der Waals surface area contributed by atoms with Gasteiger partial charge in [0.15, 0.2) is 0 Å². The van der Waals surface area contributed by atoms with E-state index in [2.05, 4.69) is 6.92 Å². The summed E-state index contributed by atoms with van der Waals surface area (Å²) in [5.41, 5.74) is 5.93. The molecule has 19 heavy (non-hydrogen) atoms. The van der Waals surface area contributed by atoms with E-state index in [9.17, 15) is 9.00 Å². The van der Waals surface area contributed by atoms with E-state index in [-0.39, 0.29) is 5.91 Å². The summed E-state index contributed by atoms with van der Waals surface area (Å²) in [5, 5.41) is 0. The molecule has 1 aromatic rings. The Morgan fingerprint density at radius 3 is 2.37 bits per heavy atom. The molecule has 1 unspecified atom stereocenters. The second-order valence-electron chi connectivity index (χ2n) is 5.33. The second-order valence-corrected chi connectivity index (χ2v) is 6.78. The molecule has 0 aliphatic heterocycles. The van der Waals surface area contributed by atoms with Crippen LogP contribution in [0.3, 0.4) is 0 Å². The summed E-state index contributed by atoms with van der Waals surface area (Å²) in [6.45, 7) is 5.87. The molecule has 4 heteroatoms. The lowest BCUT2D eigenvalue weighted by atomic mass is 9.86. The molecule has 3 nitrogen and oxygen atoms in total. The number of carbonyl (C=O) groups excluding carboxylic acids is 1. The Morgan fingerprint density at radius 2 is 1.89 bits per heavy atom. The Bertz CT molecular complexity index is 456. The van der Waals surface area contributed by atoms with Crippen LogP contribution in [0.1, 0.15) is 38.7 Å². The third-order valence-electron chi connectivity index (χ3n) is 3.41. The Hall–Kier alpha value is -1.16. The molecule has 0 spiro atoms. The van der Waals surface area contributed by atoms with Gasteiger partial charge in [0.2, 0.25) is 5.91 Å². The highest BCUT2D eigenvalue weighted by Gasteiger charge is 2.32. The summed E-state index contributed by atoms with van der Waals surface area (Å²) in [7, 11) is -1.19. The molecule has 1 rings (SSSR count). The number of amides is 1. The Morgan fingerprint density at radius 1 is 1.32 bits per heavy atom. The van der Waals surface area contributed by atoms with Crippen molar-refractivity contribution in [1.29, 1.82) is 0 Å². The number of aryl methyl sites for hydroxylation is 1. The summed E-state index contributed by atoms with van der Waals surface area (Å²) < 4.78 is 12.3. The minimum Gasteiger partial charge on any atom is -0.369 e. The number of hydrogen-bond acceptors (Lipinski definition) is 2. The lowest BCUT2D eigenvalue weighted by molar-refractivity contribution is -0.126. The molecule has 1 amide bonds. The molecule has 0 radical (unpaired) electrons. The van der Waals surface area contributed by atoms with Crippen molar-refractivity contribution in [2.24, 2.45) is 11.1 Å². The van der Waals surface area contributed by atoms with Crippen LogP contribution in [0.25, 0.3) is 0 Å². The first-order valence-corrected chi connectivity index (χ1v) is 7.96. The minimum absolute atomic E-state index is 0.297. The van der Waals surface area contributed by atoms with Crippen molar-refractivity contribution in [3.8, 4) is 0 Å². The zero-order valence-corrected chi connectivity index (χ0v) is 12.8. The first-order valence-electron chi connectivity index (χ1n) is 6.64. The molecule has 0 aliphatic carbocycles. The quantitative estimate of drug-likeness (QED) is 0.835. The maximum absolute atomic E-state index is 12.3. The molecular formula is C15H23NO2S. The van der Waals surface area contributed by atoms with Crippen molar-refractivity contribution in [3.63, 3.8) is 0 Å². The lowest BCUT2D eigenvalue weighted by Crippen LogP contribution is -2.39. The van der Waals surface area contributed by atoms with Crippen molar-refractivity contribution in [2.75, 3.05) is 5.75 Å². The lowest BCUT2D eigenvalue weighted by Gasteiger charge is -2.25. The summed E-state index contributed by atoms with van der Waals surface area (Å²) in [6.07, 6.45) is 2.61. The molecule has 0 bridgehead atoms. The summed E-state index contributed by atoms with van der Waals surface area (Å²) in [5.74, 6) is -0.0628. The predicted molar refractivity (Wildman–Crippen MR) is 79.3 cm³/mol. The molecule has 0 aromatic heterocycles. The highest BCUT2D eigenvalue weighted by atomic mass is 32.2. The molecule has 0 heterocycles. The van der Waals surface area contributed by atoms with Gasteiger partial charge in [0.1, 0.15) is 0 Å². The van der Waals surface area contributed by atoms with Crippen molar-refractivity contribution >= 4 is 16.7 Å². The molecule has 2 N–H and O–H groups in total. The van der Waals surface area contributed by atoms with Crippen molar-refractivity contribution < 1.29 is 9.00 Å². The summed E-state index contributed by atoms with van der Waals surface area (Å²) in [6, 6.07) is 7.57. The van der Waals surface area contributed by atoms with E-state index in [1.807, 2.05) is 38.1 Å². The second kappa shape index (κ2) is 6.85. The Labute approximate surface area is 118 Å². The van der Waals surface area contributed by atoms with E-state index in [0.29, 0.717) is 12.2 Å². The zero-order valence-electron chi connectivity index (χ0n) is 11.9. The van der Waals surface area contributed by atoms with Crippen molar-refractivity contribution in [3.05, 3.63) is 29.8 Å². The van der Waals surface area contributed by atoms with Crippen LogP contribution in [0.5, 0.6) is 0 Å². The monoisotopic (exact) mass is 281 g/mol. The van der Waals surface area contributed by atoms with Gasteiger partial charge in [0.25, 0.3) is 0 Å². The minimum atomic E-state index is -1.19. The maximum Gasteiger partial charge on any atom is 0.224 e. The Kier molecular flexibility index (Phi) is 5.73. The normalized spacial score (nSPS) is 15.7. The highest BCUT2D eigenvalue weighted by molar-refractivity contribution is 7.85. The fourth-order valence-electron chi connectivity index (χ4n) is 1.90. The largest absolute Gasteiger partial charge is 0.369 e. The van der Waals surface area contributed by atoms with Gasteiger partial charge in [-0.15, -0.1) is 0 Å². The number of hydrogen-bond donors (Lipinski definition) is 1. The highest BCUT2D eigenvalue weighted by Crippen LogP contribution is 2.27. The standard InChI is InChI=1S/C15H23NO2S/c1-4-5-10-15(3,14(16)17)11-19(18)13-8-6-12(2)7-9-13/h6-9H,4-5,10-11H2,1-3H3,(H2,16,17)/t15-,19?/m0/s1. The molecule has 0 saturated heterocycles. The van der Waals surface area contributed by atoms with E-state index in [1.54, 1.807) is 0 Å². The average Bonchev–Trinajstić information content (AvgIpc) is 2.36. The van der Waals surface area contributed by atoms with Gasteiger partial charge < -0.3 is 5.73 Å². The van der Waals surface area contributed by atoms with E-state index in [1.165, 1.54) is 0 Å². The van der Waals surface area contributed by atoms with Crippen LogP contribution in [-0.4, -0.2) is 15.9 Å². The van der Waals surface area contributed by atoms with Gasteiger partial charge in [-0.3, -0.25) is 9.00 Å². The van der Waals surface area contributed by atoms with Crippen LogP contribution in [-0.2, 0) is 15.6 Å². The van der Waals surface area contributed by atoms with Crippen molar-refractivity contribution in [1.82, 2.24) is 0 Å². The maximum atomic E-state index is 12.3. The van der Waals surface area contributed by atoms with Gasteiger partial charge in [-0.05, 0) is 32.4 Å². The number of benzene rings is 1. The number of primary amides is 1. The van der Waals surface area contributed by atoms with E-state index < -0.39 is 16.2 Å². The van der Waals surface area contributed by atoms with Crippen LogP contribution in [0.4, 0.5) is 0 Å². The predicted octanol–water partition coefficient (Wildman–Crippen LogP) is 2.78. The fourth-order valence-corrected chi connectivity index (χ4v) is 3.37. The third kappa shape index (κ3) is 4.46. The first-order chi connectivity index (χ1) is 8.89. The molecule has 0 aliphatic rings. The SMILES string of the molecule is CCCC[C@@](C)(CS(=O)c1ccc(C)cc1)C(N)=O.